The second kappa shape index (κ2) is 6.20. The Balaban J connectivity index is 1.49. The quantitative estimate of drug-likeness (QED) is 0.601. The van der Waals surface area contributed by atoms with E-state index in [2.05, 4.69) is 25.6 Å². The number of nitrogens with one attached hydrogen (secondary N) is 2. The monoisotopic (exact) mass is 332 g/mol. The molecule has 0 unspecified atom stereocenters. The number of carbonyl (C=O) groups is 1. The first kappa shape index (κ1) is 15.1. The Labute approximate surface area is 143 Å². The van der Waals surface area contributed by atoms with Crippen LogP contribution in [0.4, 0.5) is 5.82 Å². The van der Waals surface area contributed by atoms with Gasteiger partial charge in [0.1, 0.15) is 0 Å². The maximum Gasteiger partial charge on any atom is 0.258 e. The average molecular weight is 332 g/mol. The molecule has 0 aliphatic rings. The third-order valence-electron chi connectivity index (χ3n) is 3.93. The Bertz CT molecular complexity index is 1030. The van der Waals surface area contributed by atoms with E-state index in [9.17, 15) is 4.79 Å². The van der Waals surface area contributed by atoms with Gasteiger partial charge in [-0.15, -0.1) is 0 Å². The third kappa shape index (κ3) is 3.12. The van der Waals surface area contributed by atoms with Crippen molar-refractivity contribution in [2.24, 2.45) is 0 Å². The lowest BCUT2D eigenvalue weighted by atomic mass is 10.2. The molecule has 0 fully saturated rings. The predicted molar refractivity (Wildman–Crippen MR) is 94.3 cm³/mol. The molecule has 3 heterocycles. The summed E-state index contributed by atoms with van der Waals surface area (Å²) >= 11 is 0. The van der Waals surface area contributed by atoms with Gasteiger partial charge in [0.2, 0.25) is 0 Å². The molecule has 4 aromatic rings. The second-order valence-corrected chi connectivity index (χ2v) is 5.78. The van der Waals surface area contributed by atoms with Gasteiger partial charge in [0.05, 0.1) is 12.1 Å². The molecular weight excluding hydrogens is 316 g/mol. The van der Waals surface area contributed by atoms with E-state index in [-0.39, 0.29) is 5.91 Å². The smallest absolute Gasteiger partial charge is 0.258 e. The highest BCUT2D eigenvalue weighted by Crippen LogP contribution is 2.15. The van der Waals surface area contributed by atoms with Gasteiger partial charge in [0.25, 0.3) is 5.91 Å². The van der Waals surface area contributed by atoms with Gasteiger partial charge in [0.15, 0.2) is 11.5 Å². The van der Waals surface area contributed by atoms with Crippen LogP contribution in [0.3, 0.4) is 0 Å². The molecule has 7 nitrogen and oxygen atoms in total. The maximum atomic E-state index is 12.4. The van der Waals surface area contributed by atoms with Crippen molar-refractivity contribution in [1.82, 2.24) is 25.0 Å². The van der Waals surface area contributed by atoms with Gasteiger partial charge in [-0.1, -0.05) is 30.3 Å². The normalized spacial score (nSPS) is 10.9. The third-order valence-corrected chi connectivity index (χ3v) is 3.93. The molecule has 0 spiro atoms. The molecule has 1 aromatic carbocycles. The van der Waals surface area contributed by atoms with Gasteiger partial charge in [0, 0.05) is 29.5 Å². The van der Waals surface area contributed by atoms with Crippen molar-refractivity contribution in [3.8, 4) is 0 Å². The molecule has 0 saturated heterocycles. The van der Waals surface area contributed by atoms with Crippen molar-refractivity contribution in [2.75, 3.05) is 5.32 Å². The summed E-state index contributed by atoms with van der Waals surface area (Å²) in [5, 5.41) is 14.9. The molecule has 0 aliphatic carbocycles. The molecule has 25 heavy (non-hydrogen) atoms. The highest BCUT2D eigenvalue weighted by molar-refractivity contribution is 6.05. The lowest BCUT2D eigenvalue weighted by molar-refractivity contribution is 0.102. The summed E-state index contributed by atoms with van der Waals surface area (Å²) in [5.74, 6) is 0.255. The first-order valence-corrected chi connectivity index (χ1v) is 7.88. The minimum Gasteiger partial charge on any atom is -0.305 e. The summed E-state index contributed by atoms with van der Waals surface area (Å²) in [4.78, 5) is 16.6. The molecule has 124 valence electrons. The molecule has 2 N–H and O–H groups in total. The number of aromatic nitrogens is 5. The van der Waals surface area contributed by atoms with Crippen LogP contribution in [0.15, 0.2) is 54.9 Å². The van der Waals surface area contributed by atoms with Crippen LogP contribution in [0, 0.1) is 6.92 Å². The number of aryl methyl sites for hydroxylation is 1. The van der Waals surface area contributed by atoms with E-state index in [0.717, 1.165) is 16.6 Å². The molecule has 0 radical (unpaired) electrons. The number of amides is 1. The molecule has 0 aliphatic heterocycles. The summed E-state index contributed by atoms with van der Waals surface area (Å²) in [6, 6.07) is 13.6. The Morgan fingerprint density at radius 3 is 2.92 bits per heavy atom. The van der Waals surface area contributed by atoms with Gasteiger partial charge in [-0.3, -0.25) is 14.6 Å². The predicted octanol–water partition coefficient (Wildman–Crippen LogP) is 2.76. The van der Waals surface area contributed by atoms with Crippen LogP contribution in [-0.4, -0.2) is 30.9 Å². The second-order valence-electron chi connectivity index (χ2n) is 5.78. The lowest BCUT2D eigenvalue weighted by Gasteiger charge is -2.03. The number of carbonyl (C=O) groups excluding carboxylic acids is 1. The van der Waals surface area contributed by atoms with E-state index in [1.54, 1.807) is 16.8 Å². The summed E-state index contributed by atoms with van der Waals surface area (Å²) < 4.78 is 1.78. The number of rotatable bonds is 4. The Kier molecular flexibility index (Phi) is 3.74. The van der Waals surface area contributed by atoms with Crippen LogP contribution in [0.25, 0.3) is 11.0 Å². The van der Waals surface area contributed by atoms with E-state index in [1.165, 1.54) is 6.20 Å². The van der Waals surface area contributed by atoms with E-state index in [1.807, 2.05) is 43.5 Å². The Hall–Kier alpha value is -3.48. The van der Waals surface area contributed by atoms with Crippen molar-refractivity contribution >= 4 is 22.8 Å². The van der Waals surface area contributed by atoms with Crippen molar-refractivity contribution in [1.29, 1.82) is 0 Å². The summed E-state index contributed by atoms with van der Waals surface area (Å²) in [6.07, 6.45) is 3.35. The topological polar surface area (TPSA) is 88.5 Å². The average Bonchev–Trinajstić information content (AvgIpc) is 3.22. The van der Waals surface area contributed by atoms with Crippen LogP contribution in [-0.2, 0) is 6.54 Å². The maximum absolute atomic E-state index is 12.4. The fourth-order valence-corrected chi connectivity index (χ4v) is 2.62. The van der Waals surface area contributed by atoms with E-state index in [4.69, 9.17) is 0 Å². The highest BCUT2D eigenvalue weighted by Gasteiger charge is 2.11. The van der Waals surface area contributed by atoms with Gasteiger partial charge >= 0.3 is 0 Å². The van der Waals surface area contributed by atoms with Crippen LogP contribution >= 0.6 is 0 Å². The number of hydrogen-bond donors (Lipinski definition) is 2. The summed E-state index contributed by atoms with van der Waals surface area (Å²) in [5.41, 5.74) is 3.09. The molecule has 1 amide bonds. The summed E-state index contributed by atoms with van der Waals surface area (Å²) in [6.45, 7) is 2.54. The van der Waals surface area contributed by atoms with Crippen LogP contribution in [0.5, 0.6) is 0 Å². The molecule has 3 aromatic heterocycles. The first-order chi connectivity index (χ1) is 12.2. The van der Waals surface area contributed by atoms with Gasteiger partial charge in [-0.2, -0.15) is 10.2 Å². The number of anilines is 1. The minimum atomic E-state index is -0.250. The zero-order valence-electron chi connectivity index (χ0n) is 13.6. The molecule has 7 heteroatoms. The van der Waals surface area contributed by atoms with Crippen LogP contribution < -0.4 is 5.32 Å². The highest BCUT2D eigenvalue weighted by atomic mass is 16.1. The van der Waals surface area contributed by atoms with E-state index in [0.29, 0.717) is 23.6 Å². The zero-order valence-corrected chi connectivity index (χ0v) is 13.6. The number of fused-ring (bicyclic) bond motifs is 1. The summed E-state index contributed by atoms with van der Waals surface area (Å²) in [7, 11) is 0. The number of nitrogens with zero attached hydrogens (tertiary/aromatic N) is 4. The fourth-order valence-electron chi connectivity index (χ4n) is 2.62. The Morgan fingerprint density at radius 1 is 1.24 bits per heavy atom. The van der Waals surface area contributed by atoms with Gasteiger partial charge in [-0.25, -0.2) is 4.98 Å². The van der Waals surface area contributed by atoms with Crippen LogP contribution in [0.1, 0.15) is 21.6 Å². The lowest BCUT2D eigenvalue weighted by Crippen LogP contribution is -2.13. The van der Waals surface area contributed by atoms with Crippen LogP contribution in [0.2, 0.25) is 0 Å². The van der Waals surface area contributed by atoms with Crippen molar-refractivity contribution in [3.63, 3.8) is 0 Å². The molecule has 4 rings (SSSR count). The van der Waals surface area contributed by atoms with Crippen molar-refractivity contribution in [2.45, 2.75) is 13.5 Å². The number of hydrogen-bond acceptors (Lipinski definition) is 4. The van der Waals surface area contributed by atoms with Gasteiger partial charge in [-0.05, 0) is 18.6 Å². The Morgan fingerprint density at radius 2 is 2.08 bits per heavy atom. The first-order valence-electron chi connectivity index (χ1n) is 7.88. The largest absolute Gasteiger partial charge is 0.305 e. The van der Waals surface area contributed by atoms with E-state index < -0.39 is 0 Å². The molecule has 0 bridgehead atoms. The van der Waals surface area contributed by atoms with E-state index >= 15 is 0 Å². The zero-order chi connectivity index (χ0) is 17.2. The SMILES string of the molecule is Cc1[nH]nc2ncc(C(=O)Nc3ccn(Cc4ccccc4)n3)cc12. The standard InChI is InChI=1S/C18H16N6O/c1-12-15-9-14(10-19-17(15)22-21-12)18(25)20-16-7-8-24(23-16)11-13-5-3-2-4-6-13/h2-10H,11H2,1H3,(H,19,21,22)(H,20,23,25). The van der Waals surface area contributed by atoms with Crippen molar-refractivity contribution in [3.05, 3.63) is 71.7 Å². The number of H-pyrrole nitrogens is 1. The molecule has 0 saturated carbocycles. The van der Waals surface area contributed by atoms with Crippen molar-refractivity contribution < 1.29 is 4.79 Å². The molecular formula is C18H16N6O. The fraction of sp³-hybridized carbons (Fsp3) is 0.111. The van der Waals surface area contributed by atoms with Gasteiger partial charge < -0.3 is 5.32 Å². The number of aromatic amines is 1. The minimum absolute atomic E-state index is 0.250. The molecule has 0 atom stereocenters. The number of benzene rings is 1. The number of pyridine rings is 1.